The van der Waals surface area contributed by atoms with Gasteiger partial charge in [-0.3, -0.25) is 14.9 Å². The van der Waals surface area contributed by atoms with Gasteiger partial charge in [0.25, 0.3) is 5.91 Å². The first kappa shape index (κ1) is 26.7. The summed E-state index contributed by atoms with van der Waals surface area (Å²) in [4.78, 5) is 14.0. The van der Waals surface area contributed by atoms with E-state index in [1.165, 1.54) is 33.7 Å². The number of hydroxylamine groups is 1. The number of aromatic nitrogens is 1. The zero-order valence-electron chi connectivity index (χ0n) is 22.3. The van der Waals surface area contributed by atoms with E-state index in [2.05, 4.69) is 70.3 Å². The van der Waals surface area contributed by atoms with Crippen molar-refractivity contribution >= 4 is 22.9 Å². The molecule has 1 heterocycles. The van der Waals surface area contributed by atoms with Crippen LogP contribution in [0.25, 0.3) is 17.0 Å². The van der Waals surface area contributed by atoms with Gasteiger partial charge in [0.2, 0.25) is 0 Å². The first-order chi connectivity index (χ1) is 19.1. The van der Waals surface area contributed by atoms with Crippen LogP contribution in [0.4, 0.5) is 0 Å². The molecule has 1 aliphatic rings. The molecule has 1 unspecified atom stereocenters. The number of hydrogen-bond acceptors (Lipinski definition) is 5. The SMILES string of the molecule is COCCOc1ccc(CN(CCn2ccc3ccccc32)C2CCc3cc(C=CC(=O)NO)ccc32)cc1. The third kappa shape index (κ3) is 6.57. The molecule has 1 aliphatic carbocycles. The lowest BCUT2D eigenvalue weighted by Crippen LogP contribution is -2.30. The quantitative estimate of drug-likeness (QED) is 0.113. The standard InChI is InChI=1S/C32H35N3O4/c1-38-20-21-39-28-11-6-25(7-12-28)23-35(19-18-34-17-16-26-4-2-3-5-30(26)34)31-14-10-27-22-24(8-13-29(27)31)9-15-32(36)33-37/h2-9,11-13,15-17,22,31,37H,10,14,18-21,23H2,1H3,(H,33,36). The van der Waals surface area contributed by atoms with Gasteiger partial charge >= 0.3 is 0 Å². The summed E-state index contributed by atoms with van der Waals surface area (Å²) in [5.74, 6) is 0.315. The van der Waals surface area contributed by atoms with Crippen LogP contribution < -0.4 is 10.2 Å². The van der Waals surface area contributed by atoms with Crippen LogP contribution in [0.1, 0.15) is 34.7 Å². The maximum Gasteiger partial charge on any atom is 0.267 e. The predicted octanol–water partition coefficient (Wildman–Crippen LogP) is 5.37. The largest absolute Gasteiger partial charge is 0.491 e. The molecule has 0 saturated carbocycles. The Hall–Kier alpha value is -3.91. The summed E-state index contributed by atoms with van der Waals surface area (Å²) < 4.78 is 13.2. The molecule has 0 aliphatic heterocycles. The third-order valence-corrected chi connectivity index (χ3v) is 7.36. The van der Waals surface area contributed by atoms with E-state index in [-0.39, 0.29) is 0 Å². The number of hydrogen-bond donors (Lipinski definition) is 2. The second-order valence-corrected chi connectivity index (χ2v) is 9.85. The lowest BCUT2D eigenvalue weighted by molar-refractivity contribution is -0.124. The van der Waals surface area contributed by atoms with Crippen molar-refractivity contribution in [3.63, 3.8) is 0 Å². The molecule has 4 aromatic rings. The summed E-state index contributed by atoms with van der Waals surface area (Å²) in [7, 11) is 1.67. The molecule has 5 rings (SSSR count). The monoisotopic (exact) mass is 525 g/mol. The highest BCUT2D eigenvalue weighted by Crippen LogP contribution is 2.37. The van der Waals surface area contributed by atoms with Gasteiger partial charge < -0.3 is 14.0 Å². The summed E-state index contributed by atoms with van der Waals surface area (Å²) in [6.45, 7) is 3.74. The molecule has 7 heteroatoms. The second-order valence-electron chi connectivity index (χ2n) is 9.85. The first-order valence-electron chi connectivity index (χ1n) is 13.4. The van der Waals surface area contributed by atoms with Gasteiger partial charge in [0, 0.05) is 50.6 Å². The van der Waals surface area contributed by atoms with Gasteiger partial charge in [0.05, 0.1) is 6.61 Å². The number of ether oxygens (including phenoxy) is 2. The van der Waals surface area contributed by atoms with E-state index in [4.69, 9.17) is 14.7 Å². The highest BCUT2D eigenvalue weighted by atomic mass is 16.5. The summed E-state index contributed by atoms with van der Waals surface area (Å²) in [5.41, 5.74) is 7.74. The Balaban J connectivity index is 1.35. The van der Waals surface area contributed by atoms with E-state index < -0.39 is 5.91 Å². The number of carbonyl (C=O) groups excluding carboxylic acids is 1. The van der Waals surface area contributed by atoms with Gasteiger partial charge in [-0.15, -0.1) is 0 Å². The third-order valence-electron chi connectivity index (χ3n) is 7.36. The number of fused-ring (bicyclic) bond motifs is 2. The molecule has 1 atom stereocenters. The smallest absolute Gasteiger partial charge is 0.267 e. The minimum absolute atomic E-state index is 0.304. The number of para-hydroxylation sites is 1. The molecule has 1 amide bonds. The number of methoxy groups -OCH3 is 1. The summed E-state index contributed by atoms with van der Waals surface area (Å²) in [5, 5.41) is 10.0. The van der Waals surface area contributed by atoms with E-state index in [1.54, 1.807) is 18.7 Å². The van der Waals surface area contributed by atoms with Crippen molar-refractivity contribution in [3.05, 3.63) is 107 Å². The number of nitrogens with one attached hydrogen (secondary N) is 1. The van der Waals surface area contributed by atoms with Crippen molar-refractivity contribution in [1.29, 1.82) is 0 Å². The molecule has 7 nitrogen and oxygen atoms in total. The van der Waals surface area contributed by atoms with E-state index in [9.17, 15) is 4.79 Å². The second kappa shape index (κ2) is 12.8. The Morgan fingerprint density at radius 2 is 1.95 bits per heavy atom. The molecular weight excluding hydrogens is 490 g/mol. The fraction of sp³-hybridized carbons (Fsp3) is 0.281. The van der Waals surface area contributed by atoms with Crippen LogP contribution in [-0.2, 0) is 29.0 Å². The van der Waals surface area contributed by atoms with Gasteiger partial charge in [-0.25, -0.2) is 5.48 Å². The number of nitrogens with zero attached hydrogens (tertiary/aromatic N) is 2. The van der Waals surface area contributed by atoms with Crippen molar-refractivity contribution in [2.45, 2.75) is 32.0 Å². The number of amides is 1. The van der Waals surface area contributed by atoms with E-state index in [0.717, 1.165) is 43.8 Å². The number of aryl methyl sites for hydroxylation is 1. The molecule has 1 aromatic heterocycles. The maximum absolute atomic E-state index is 11.4. The van der Waals surface area contributed by atoms with Crippen LogP contribution in [0.5, 0.6) is 5.75 Å². The molecule has 0 radical (unpaired) electrons. The molecular formula is C32H35N3O4. The van der Waals surface area contributed by atoms with Gasteiger partial charge in [0.1, 0.15) is 12.4 Å². The van der Waals surface area contributed by atoms with Gasteiger partial charge in [-0.05, 0) is 70.8 Å². The number of rotatable bonds is 12. The van der Waals surface area contributed by atoms with Crippen LogP contribution in [0.3, 0.4) is 0 Å². The molecule has 202 valence electrons. The van der Waals surface area contributed by atoms with Gasteiger partial charge in [-0.1, -0.05) is 48.5 Å². The van der Waals surface area contributed by atoms with E-state index >= 15 is 0 Å². The Bertz CT molecular complexity index is 1430. The Labute approximate surface area is 229 Å². The number of benzene rings is 3. The van der Waals surface area contributed by atoms with E-state index in [0.29, 0.717) is 19.3 Å². The summed E-state index contributed by atoms with van der Waals surface area (Å²) in [6.07, 6.45) is 7.28. The number of carbonyl (C=O) groups is 1. The minimum Gasteiger partial charge on any atom is -0.491 e. The fourth-order valence-corrected chi connectivity index (χ4v) is 5.39. The van der Waals surface area contributed by atoms with Crippen LogP contribution in [-0.4, -0.2) is 47.4 Å². The van der Waals surface area contributed by atoms with Crippen LogP contribution >= 0.6 is 0 Å². The average Bonchev–Trinajstić information content (AvgIpc) is 3.59. The lowest BCUT2D eigenvalue weighted by atomic mass is 10.0. The van der Waals surface area contributed by atoms with Gasteiger partial charge in [-0.2, -0.15) is 0 Å². The Kier molecular flexibility index (Phi) is 8.73. The Morgan fingerprint density at radius 3 is 2.77 bits per heavy atom. The van der Waals surface area contributed by atoms with Crippen molar-refractivity contribution in [2.24, 2.45) is 0 Å². The molecule has 3 aromatic carbocycles. The van der Waals surface area contributed by atoms with Crippen LogP contribution in [0.2, 0.25) is 0 Å². The van der Waals surface area contributed by atoms with Crippen molar-refractivity contribution in [1.82, 2.24) is 14.9 Å². The van der Waals surface area contributed by atoms with E-state index in [1.807, 2.05) is 18.2 Å². The van der Waals surface area contributed by atoms with Crippen molar-refractivity contribution in [2.75, 3.05) is 26.9 Å². The normalized spacial score (nSPS) is 14.8. The zero-order valence-corrected chi connectivity index (χ0v) is 22.3. The molecule has 0 saturated heterocycles. The van der Waals surface area contributed by atoms with Crippen LogP contribution in [0.15, 0.2) is 85.1 Å². The average molecular weight is 526 g/mol. The zero-order chi connectivity index (χ0) is 27.0. The molecule has 39 heavy (non-hydrogen) atoms. The summed E-state index contributed by atoms with van der Waals surface area (Å²) in [6, 6.07) is 25.7. The maximum atomic E-state index is 11.4. The highest BCUT2D eigenvalue weighted by Gasteiger charge is 2.28. The first-order valence-corrected chi connectivity index (χ1v) is 13.4. The molecule has 0 bridgehead atoms. The molecule has 0 spiro atoms. The van der Waals surface area contributed by atoms with Crippen LogP contribution in [0, 0.1) is 0 Å². The highest BCUT2D eigenvalue weighted by molar-refractivity contribution is 5.90. The van der Waals surface area contributed by atoms with Crippen molar-refractivity contribution in [3.8, 4) is 5.75 Å². The lowest BCUT2D eigenvalue weighted by Gasteiger charge is -2.30. The predicted molar refractivity (Wildman–Crippen MR) is 153 cm³/mol. The fourth-order valence-electron chi connectivity index (χ4n) is 5.39. The summed E-state index contributed by atoms with van der Waals surface area (Å²) >= 11 is 0. The van der Waals surface area contributed by atoms with Crippen molar-refractivity contribution < 1.29 is 19.5 Å². The molecule has 0 fully saturated rings. The minimum atomic E-state index is -0.535. The molecule has 2 N–H and O–H groups in total. The van der Waals surface area contributed by atoms with Gasteiger partial charge in [0.15, 0.2) is 0 Å². The Morgan fingerprint density at radius 1 is 1.10 bits per heavy atom. The topological polar surface area (TPSA) is 76.0 Å².